The molecule has 0 bridgehead atoms. The summed E-state index contributed by atoms with van der Waals surface area (Å²) in [5, 5.41) is 0. The Kier molecular flexibility index (Phi) is 3.22. The summed E-state index contributed by atoms with van der Waals surface area (Å²) in [6.45, 7) is 0.455. The Morgan fingerprint density at radius 1 is 1.12 bits per heavy atom. The third-order valence-electron chi connectivity index (χ3n) is 2.53. The monoisotopic (exact) mass is 239 g/mol. The molecule has 4 heteroatoms. The molecule has 2 rings (SSSR count). The van der Waals surface area contributed by atoms with E-state index in [-0.39, 0.29) is 6.42 Å². The Labute approximate surface area is 97.9 Å². The van der Waals surface area contributed by atoms with Crippen LogP contribution in [0.15, 0.2) is 54.4 Å². The summed E-state index contributed by atoms with van der Waals surface area (Å²) in [4.78, 5) is 1.56. The standard InChI is InChI=1S/C13H12F3N/c14-13(15,16)12-7-4-8-17(10-12)9-11-5-2-1-3-6-11/h1-6,8,10H,7,9H2. The zero-order valence-electron chi connectivity index (χ0n) is 9.11. The van der Waals surface area contributed by atoms with E-state index in [1.807, 2.05) is 30.3 Å². The molecule has 0 spiro atoms. The van der Waals surface area contributed by atoms with Gasteiger partial charge in [0, 0.05) is 18.9 Å². The van der Waals surface area contributed by atoms with Gasteiger partial charge in [0.1, 0.15) is 0 Å². The molecule has 1 aromatic carbocycles. The van der Waals surface area contributed by atoms with Crippen molar-refractivity contribution in [2.24, 2.45) is 0 Å². The summed E-state index contributed by atoms with van der Waals surface area (Å²) < 4.78 is 37.6. The third kappa shape index (κ3) is 3.12. The van der Waals surface area contributed by atoms with Crippen LogP contribution in [0.2, 0.25) is 0 Å². The van der Waals surface area contributed by atoms with Crippen LogP contribution in [0.3, 0.4) is 0 Å². The Morgan fingerprint density at radius 3 is 2.47 bits per heavy atom. The number of benzene rings is 1. The minimum atomic E-state index is -4.24. The maximum absolute atomic E-state index is 12.5. The van der Waals surface area contributed by atoms with E-state index >= 15 is 0 Å². The lowest BCUT2D eigenvalue weighted by molar-refractivity contribution is -0.0942. The van der Waals surface area contributed by atoms with E-state index in [0.717, 1.165) is 5.56 Å². The number of nitrogens with zero attached hydrogens (tertiary/aromatic N) is 1. The molecular formula is C13H12F3N. The largest absolute Gasteiger partial charge is 0.414 e. The van der Waals surface area contributed by atoms with Gasteiger partial charge >= 0.3 is 6.18 Å². The lowest BCUT2D eigenvalue weighted by Gasteiger charge is -2.22. The van der Waals surface area contributed by atoms with Crippen LogP contribution in [0.5, 0.6) is 0 Å². The Bertz CT molecular complexity index is 432. The lowest BCUT2D eigenvalue weighted by Crippen LogP contribution is -2.20. The molecule has 1 nitrogen and oxygen atoms in total. The van der Waals surface area contributed by atoms with Crippen molar-refractivity contribution in [2.45, 2.75) is 19.1 Å². The lowest BCUT2D eigenvalue weighted by atomic mass is 10.1. The van der Waals surface area contributed by atoms with E-state index in [4.69, 9.17) is 0 Å². The number of halogens is 3. The highest BCUT2D eigenvalue weighted by Crippen LogP contribution is 2.31. The van der Waals surface area contributed by atoms with Gasteiger partial charge in [0.05, 0.1) is 5.57 Å². The first-order valence-corrected chi connectivity index (χ1v) is 5.30. The predicted octanol–water partition coefficient (Wildman–Crippen LogP) is 3.85. The fourth-order valence-corrected chi connectivity index (χ4v) is 1.69. The molecule has 0 unspecified atom stereocenters. The van der Waals surface area contributed by atoms with Crippen molar-refractivity contribution in [3.8, 4) is 0 Å². The van der Waals surface area contributed by atoms with E-state index in [1.165, 1.54) is 12.3 Å². The molecule has 0 saturated carbocycles. The van der Waals surface area contributed by atoms with Crippen molar-refractivity contribution < 1.29 is 13.2 Å². The van der Waals surface area contributed by atoms with Crippen LogP contribution in [0.4, 0.5) is 13.2 Å². The molecule has 1 aliphatic heterocycles. The average molecular weight is 239 g/mol. The second-order valence-corrected chi connectivity index (χ2v) is 3.90. The van der Waals surface area contributed by atoms with Crippen LogP contribution in [0.25, 0.3) is 0 Å². The second kappa shape index (κ2) is 4.65. The van der Waals surface area contributed by atoms with Crippen LogP contribution in [0.1, 0.15) is 12.0 Å². The first-order chi connectivity index (χ1) is 8.05. The van der Waals surface area contributed by atoms with Gasteiger partial charge in [0.2, 0.25) is 0 Å². The van der Waals surface area contributed by atoms with Crippen molar-refractivity contribution in [3.63, 3.8) is 0 Å². The molecule has 0 amide bonds. The van der Waals surface area contributed by atoms with E-state index in [1.54, 1.807) is 11.1 Å². The minimum Gasteiger partial charge on any atom is -0.350 e. The maximum Gasteiger partial charge on any atom is 0.414 e. The van der Waals surface area contributed by atoms with Crippen LogP contribution < -0.4 is 0 Å². The number of hydrogen-bond donors (Lipinski definition) is 0. The smallest absolute Gasteiger partial charge is 0.350 e. The first kappa shape index (κ1) is 11.8. The van der Waals surface area contributed by atoms with E-state index in [9.17, 15) is 13.2 Å². The van der Waals surface area contributed by atoms with Crippen LogP contribution in [-0.4, -0.2) is 11.1 Å². The summed E-state index contributed by atoms with van der Waals surface area (Å²) in [6.07, 6.45) is 0.107. The molecule has 1 aromatic rings. The molecule has 1 heterocycles. The highest BCUT2D eigenvalue weighted by molar-refractivity contribution is 5.21. The van der Waals surface area contributed by atoms with E-state index < -0.39 is 11.7 Å². The molecule has 0 N–H and O–H groups in total. The first-order valence-electron chi connectivity index (χ1n) is 5.30. The molecule has 0 atom stereocenters. The SMILES string of the molecule is FC(F)(F)C1=CN(Cc2ccccc2)C=CC1. The molecule has 0 radical (unpaired) electrons. The zero-order chi connectivity index (χ0) is 12.3. The molecule has 0 aliphatic carbocycles. The van der Waals surface area contributed by atoms with Gasteiger partial charge in [-0.1, -0.05) is 36.4 Å². The van der Waals surface area contributed by atoms with Gasteiger partial charge in [0.15, 0.2) is 0 Å². The maximum atomic E-state index is 12.5. The number of alkyl halides is 3. The van der Waals surface area contributed by atoms with Crippen molar-refractivity contribution in [1.82, 2.24) is 4.90 Å². The average Bonchev–Trinajstić information content (AvgIpc) is 2.29. The van der Waals surface area contributed by atoms with Crippen LogP contribution in [-0.2, 0) is 6.54 Å². The van der Waals surface area contributed by atoms with Gasteiger partial charge in [-0.3, -0.25) is 0 Å². The van der Waals surface area contributed by atoms with E-state index in [0.29, 0.717) is 6.54 Å². The third-order valence-corrected chi connectivity index (χ3v) is 2.53. The Morgan fingerprint density at radius 2 is 1.82 bits per heavy atom. The number of hydrogen-bond acceptors (Lipinski definition) is 1. The highest BCUT2D eigenvalue weighted by Gasteiger charge is 2.33. The molecule has 0 fully saturated rings. The second-order valence-electron chi connectivity index (χ2n) is 3.90. The van der Waals surface area contributed by atoms with Crippen LogP contribution in [0, 0.1) is 0 Å². The molecule has 17 heavy (non-hydrogen) atoms. The van der Waals surface area contributed by atoms with Gasteiger partial charge in [-0.15, -0.1) is 0 Å². The molecular weight excluding hydrogens is 227 g/mol. The van der Waals surface area contributed by atoms with Crippen molar-refractivity contribution in [2.75, 3.05) is 0 Å². The van der Waals surface area contributed by atoms with E-state index in [2.05, 4.69) is 0 Å². The topological polar surface area (TPSA) is 3.24 Å². The highest BCUT2D eigenvalue weighted by atomic mass is 19.4. The Balaban J connectivity index is 2.10. The van der Waals surface area contributed by atoms with Gasteiger partial charge < -0.3 is 4.90 Å². The zero-order valence-corrected chi connectivity index (χ0v) is 9.11. The summed E-state index contributed by atoms with van der Waals surface area (Å²) in [5.41, 5.74) is 0.479. The van der Waals surface area contributed by atoms with Crippen molar-refractivity contribution >= 4 is 0 Å². The molecule has 0 saturated heterocycles. The summed E-state index contributed by atoms with van der Waals surface area (Å²) >= 11 is 0. The normalized spacial score (nSPS) is 15.9. The molecule has 1 aliphatic rings. The summed E-state index contributed by atoms with van der Waals surface area (Å²) in [6, 6.07) is 9.41. The Hall–Kier alpha value is -1.71. The van der Waals surface area contributed by atoms with Crippen molar-refractivity contribution in [1.29, 1.82) is 0 Å². The van der Waals surface area contributed by atoms with Crippen LogP contribution >= 0.6 is 0 Å². The summed E-state index contributed by atoms with van der Waals surface area (Å²) in [7, 11) is 0. The fourth-order valence-electron chi connectivity index (χ4n) is 1.69. The number of rotatable bonds is 2. The van der Waals surface area contributed by atoms with Crippen molar-refractivity contribution in [3.05, 3.63) is 59.9 Å². The molecule has 90 valence electrons. The van der Waals surface area contributed by atoms with Gasteiger partial charge in [0.25, 0.3) is 0 Å². The van der Waals surface area contributed by atoms with Gasteiger partial charge in [-0.25, -0.2) is 0 Å². The molecule has 0 aromatic heterocycles. The minimum absolute atomic E-state index is 0.0468. The fraction of sp³-hybridized carbons (Fsp3) is 0.231. The quantitative estimate of drug-likeness (QED) is 0.757. The predicted molar refractivity (Wildman–Crippen MR) is 59.9 cm³/mol. The number of allylic oxidation sites excluding steroid dienone is 2. The van der Waals surface area contributed by atoms with Gasteiger partial charge in [-0.05, 0) is 12.0 Å². The summed E-state index contributed by atoms with van der Waals surface area (Å²) in [5.74, 6) is 0. The van der Waals surface area contributed by atoms with Gasteiger partial charge in [-0.2, -0.15) is 13.2 Å².